The van der Waals surface area contributed by atoms with Crippen molar-refractivity contribution in [3.05, 3.63) is 29.8 Å². The summed E-state index contributed by atoms with van der Waals surface area (Å²) in [6.07, 6.45) is 8.84. The van der Waals surface area contributed by atoms with Crippen LogP contribution in [0.3, 0.4) is 0 Å². The predicted octanol–water partition coefficient (Wildman–Crippen LogP) is 3.15. The van der Waals surface area contributed by atoms with E-state index in [2.05, 4.69) is 36.5 Å². The molecule has 2 saturated carbocycles. The second-order valence-electron chi connectivity index (χ2n) is 6.68. The molecule has 0 unspecified atom stereocenters. The van der Waals surface area contributed by atoms with Crippen molar-refractivity contribution >= 4 is 0 Å². The van der Waals surface area contributed by atoms with E-state index in [1.54, 1.807) is 0 Å². The number of benzene rings is 1. The Labute approximate surface area is 128 Å². The van der Waals surface area contributed by atoms with Gasteiger partial charge in [0, 0.05) is 18.1 Å². The van der Waals surface area contributed by atoms with E-state index >= 15 is 0 Å². The number of nitrogens with one attached hydrogen (secondary N) is 1. The lowest BCUT2D eigenvalue weighted by molar-refractivity contribution is 0.105. The minimum atomic E-state index is 0.285. The maximum absolute atomic E-state index is 6.34. The first-order chi connectivity index (χ1) is 10.2. The summed E-state index contributed by atoms with van der Waals surface area (Å²) >= 11 is 0. The number of nitrogens with two attached hydrogens (primary N) is 1. The highest BCUT2D eigenvalue weighted by atomic mass is 16.5. The highest BCUT2D eigenvalue weighted by Gasteiger charge is 2.32. The molecule has 3 rings (SSSR count). The normalized spacial score (nSPS) is 33.0. The Balaban J connectivity index is 1.65. The zero-order valence-corrected chi connectivity index (χ0v) is 13.1. The summed E-state index contributed by atoms with van der Waals surface area (Å²) in [6.45, 7) is 2.12. The molecule has 3 heteroatoms. The third-order valence-electron chi connectivity index (χ3n) is 5.07. The Hall–Kier alpha value is -1.06. The minimum Gasteiger partial charge on any atom is -0.489 e. The van der Waals surface area contributed by atoms with Crippen LogP contribution in [-0.2, 0) is 0 Å². The molecule has 0 amide bonds. The van der Waals surface area contributed by atoms with Gasteiger partial charge in [0.05, 0.1) is 0 Å². The van der Waals surface area contributed by atoms with E-state index in [0.29, 0.717) is 18.1 Å². The molecule has 2 aliphatic rings. The Kier molecular flexibility index (Phi) is 4.81. The summed E-state index contributed by atoms with van der Waals surface area (Å²) in [5.41, 5.74) is 7.44. The van der Waals surface area contributed by atoms with Gasteiger partial charge in [0.2, 0.25) is 0 Å². The summed E-state index contributed by atoms with van der Waals surface area (Å²) in [7, 11) is 0. The first kappa shape index (κ1) is 14.9. The standard InChI is InChI=1S/C18H28N2O/c1-13-7-2-4-11-17(13)21-18-12-5-3-9-16(18)20-15-10-6-8-14(15)19/h2,4,7,11,14-16,18,20H,3,5-6,8-10,12,19H2,1H3/t14-,15-,16+,18-/m1/s1. The Morgan fingerprint density at radius 1 is 1.00 bits per heavy atom. The van der Waals surface area contributed by atoms with E-state index in [1.165, 1.54) is 37.7 Å². The average molecular weight is 288 g/mol. The molecule has 21 heavy (non-hydrogen) atoms. The summed E-state index contributed by atoms with van der Waals surface area (Å²) < 4.78 is 6.34. The average Bonchev–Trinajstić information content (AvgIpc) is 2.89. The number of ether oxygens (including phenoxy) is 1. The van der Waals surface area contributed by atoms with E-state index in [9.17, 15) is 0 Å². The van der Waals surface area contributed by atoms with Crippen molar-refractivity contribution in [2.24, 2.45) is 5.73 Å². The molecule has 1 aromatic rings. The van der Waals surface area contributed by atoms with Crippen LogP contribution in [-0.4, -0.2) is 24.2 Å². The van der Waals surface area contributed by atoms with Gasteiger partial charge < -0.3 is 15.8 Å². The van der Waals surface area contributed by atoms with Gasteiger partial charge in [-0.05, 0) is 50.7 Å². The number of rotatable bonds is 4. The number of hydrogen-bond acceptors (Lipinski definition) is 3. The molecule has 0 heterocycles. The number of aryl methyl sites for hydroxylation is 1. The summed E-state index contributed by atoms with van der Waals surface area (Å²) in [4.78, 5) is 0. The lowest BCUT2D eigenvalue weighted by Gasteiger charge is -2.35. The van der Waals surface area contributed by atoms with Crippen LogP contribution in [0.25, 0.3) is 0 Å². The van der Waals surface area contributed by atoms with Gasteiger partial charge in [0.25, 0.3) is 0 Å². The topological polar surface area (TPSA) is 47.3 Å². The van der Waals surface area contributed by atoms with Crippen LogP contribution >= 0.6 is 0 Å². The zero-order valence-electron chi connectivity index (χ0n) is 13.1. The molecule has 0 spiro atoms. The summed E-state index contributed by atoms with van der Waals surface area (Å²) in [5, 5.41) is 3.81. The van der Waals surface area contributed by atoms with Crippen molar-refractivity contribution in [2.75, 3.05) is 0 Å². The molecule has 0 radical (unpaired) electrons. The van der Waals surface area contributed by atoms with Crippen molar-refractivity contribution < 1.29 is 4.74 Å². The first-order valence-corrected chi connectivity index (χ1v) is 8.48. The maximum Gasteiger partial charge on any atom is 0.122 e. The third-order valence-corrected chi connectivity index (χ3v) is 5.07. The minimum absolute atomic E-state index is 0.285. The second kappa shape index (κ2) is 6.80. The molecule has 0 aliphatic heterocycles. The van der Waals surface area contributed by atoms with Crippen LogP contribution in [0.5, 0.6) is 5.75 Å². The van der Waals surface area contributed by atoms with E-state index < -0.39 is 0 Å². The molecular weight excluding hydrogens is 260 g/mol. The fourth-order valence-electron chi connectivity index (χ4n) is 3.75. The summed E-state index contributed by atoms with van der Waals surface area (Å²) in [5.74, 6) is 1.03. The van der Waals surface area contributed by atoms with Crippen molar-refractivity contribution in [1.82, 2.24) is 5.32 Å². The zero-order chi connectivity index (χ0) is 14.7. The number of para-hydroxylation sites is 1. The number of hydrogen-bond donors (Lipinski definition) is 2. The smallest absolute Gasteiger partial charge is 0.122 e. The van der Waals surface area contributed by atoms with Gasteiger partial charge in [-0.3, -0.25) is 0 Å². The van der Waals surface area contributed by atoms with Crippen LogP contribution in [0, 0.1) is 6.92 Å². The molecule has 2 aliphatic carbocycles. The van der Waals surface area contributed by atoms with Crippen LogP contribution < -0.4 is 15.8 Å². The van der Waals surface area contributed by atoms with Gasteiger partial charge in [0.1, 0.15) is 11.9 Å². The molecule has 0 aromatic heterocycles. The molecule has 3 N–H and O–H groups in total. The molecular formula is C18H28N2O. The third kappa shape index (κ3) is 3.58. The van der Waals surface area contributed by atoms with Crippen molar-refractivity contribution in [3.63, 3.8) is 0 Å². The SMILES string of the molecule is Cc1ccccc1O[C@@H]1CCCC[C@@H]1N[C@@H]1CCC[C@H]1N. The van der Waals surface area contributed by atoms with Crippen LogP contribution in [0.4, 0.5) is 0 Å². The fourth-order valence-corrected chi connectivity index (χ4v) is 3.75. The molecule has 3 nitrogen and oxygen atoms in total. The van der Waals surface area contributed by atoms with Gasteiger partial charge in [-0.2, -0.15) is 0 Å². The van der Waals surface area contributed by atoms with Crippen molar-refractivity contribution in [3.8, 4) is 5.75 Å². The quantitative estimate of drug-likeness (QED) is 0.894. The highest BCUT2D eigenvalue weighted by Crippen LogP contribution is 2.28. The van der Waals surface area contributed by atoms with E-state index in [0.717, 1.165) is 18.6 Å². The molecule has 1 aromatic carbocycles. The fraction of sp³-hybridized carbons (Fsp3) is 0.667. The van der Waals surface area contributed by atoms with E-state index in [4.69, 9.17) is 10.5 Å². The second-order valence-corrected chi connectivity index (χ2v) is 6.68. The van der Waals surface area contributed by atoms with E-state index in [-0.39, 0.29) is 6.10 Å². The molecule has 2 fully saturated rings. The molecule has 4 atom stereocenters. The van der Waals surface area contributed by atoms with Gasteiger partial charge in [0.15, 0.2) is 0 Å². The van der Waals surface area contributed by atoms with Crippen LogP contribution in [0.15, 0.2) is 24.3 Å². The first-order valence-electron chi connectivity index (χ1n) is 8.48. The molecule has 0 bridgehead atoms. The predicted molar refractivity (Wildman–Crippen MR) is 86.6 cm³/mol. The molecule has 0 saturated heterocycles. The highest BCUT2D eigenvalue weighted by molar-refractivity contribution is 5.32. The van der Waals surface area contributed by atoms with Crippen LogP contribution in [0.2, 0.25) is 0 Å². The maximum atomic E-state index is 6.34. The van der Waals surface area contributed by atoms with Crippen molar-refractivity contribution in [2.45, 2.75) is 76.1 Å². The van der Waals surface area contributed by atoms with Crippen molar-refractivity contribution in [1.29, 1.82) is 0 Å². The van der Waals surface area contributed by atoms with E-state index in [1.807, 2.05) is 0 Å². The monoisotopic (exact) mass is 288 g/mol. The molecule has 116 valence electrons. The Morgan fingerprint density at radius 3 is 2.52 bits per heavy atom. The van der Waals surface area contributed by atoms with Crippen LogP contribution in [0.1, 0.15) is 50.5 Å². The largest absolute Gasteiger partial charge is 0.489 e. The summed E-state index contributed by atoms with van der Waals surface area (Å²) in [6, 6.07) is 9.58. The van der Waals surface area contributed by atoms with Gasteiger partial charge >= 0.3 is 0 Å². The van der Waals surface area contributed by atoms with Gasteiger partial charge in [-0.1, -0.05) is 31.0 Å². The Bertz CT molecular complexity index is 462. The Morgan fingerprint density at radius 2 is 1.76 bits per heavy atom. The van der Waals surface area contributed by atoms with Gasteiger partial charge in [-0.25, -0.2) is 0 Å². The lowest BCUT2D eigenvalue weighted by Crippen LogP contribution is -2.53. The lowest BCUT2D eigenvalue weighted by atomic mass is 9.91. The van der Waals surface area contributed by atoms with Gasteiger partial charge in [-0.15, -0.1) is 0 Å².